The maximum absolute atomic E-state index is 12.9. The molecule has 210 valence electrons. The highest BCUT2D eigenvalue weighted by atomic mass is 16.5. The number of hydrogen-bond donors (Lipinski definition) is 2. The summed E-state index contributed by atoms with van der Waals surface area (Å²) in [5.41, 5.74) is 6.65. The first-order valence-corrected chi connectivity index (χ1v) is 13.5. The van der Waals surface area contributed by atoms with E-state index in [2.05, 4.69) is 27.5 Å². The van der Waals surface area contributed by atoms with E-state index >= 15 is 0 Å². The molecule has 2 N–H and O–H groups in total. The van der Waals surface area contributed by atoms with Crippen molar-refractivity contribution >= 4 is 28.5 Å². The van der Waals surface area contributed by atoms with Crippen molar-refractivity contribution in [3.05, 3.63) is 65.1 Å². The molecular formula is C31H36N4O5. The molecule has 1 aliphatic rings. The molecule has 4 aromatic rings. The number of aliphatic hydroxyl groups is 1. The molecule has 5 rings (SSSR count). The second kappa shape index (κ2) is 10.6. The van der Waals surface area contributed by atoms with Crippen LogP contribution in [-0.4, -0.2) is 56.1 Å². The fraction of sp³-hybridized carbons (Fsp3) is 0.387. The second-order valence-electron chi connectivity index (χ2n) is 11.2. The summed E-state index contributed by atoms with van der Waals surface area (Å²) in [6.45, 7) is 13.1. The molecule has 9 nitrogen and oxygen atoms in total. The number of aliphatic hydroxyl groups excluding tert-OH is 1. The molecule has 2 aromatic heterocycles. The Morgan fingerprint density at radius 3 is 2.35 bits per heavy atom. The lowest BCUT2D eigenvalue weighted by Gasteiger charge is -2.35. The molecule has 0 spiro atoms. The Hall–Kier alpha value is -3.95. The number of carboxylic acids is 1. The zero-order valence-corrected chi connectivity index (χ0v) is 23.9. The van der Waals surface area contributed by atoms with Gasteiger partial charge in [0.2, 0.25) is 5.95 Å². The summed E-state index contributed by atoms with van der Waals surface area (Å²) in [5, 5.41) is 20.6. The monoisotopic (exact) mass is 544 g/mol. The van der Waals surface area contributed by atoms with E-state index < -0.39 is 17.7 Å². The largest absolute Gasteiger partial charge is 0.488 e. The summed E-state index contributed by atoms with van der Waals surface area (Å²) in [7, 11) is 0. The van der Waals surface area contributed by atoms with Gasteiger partial charge >= 0.3 is 5.97 Å². The Kier molecular flexibility index (Phi) is 7.29. The standard InChI is InChI=1S/C31H36N4O5/c1-18-7-9-21(10-8-18)25-23-15-19(2)34-11-12-35(30-32-16-22(17-33-30)39-14-13-36)26(27(23)34)20(3)24(25)28(29(37)38)40-31(4,5)6/h7-10,15-17,28,36H,11-14H2,1-6H3,(H,37,38)/t28-/m0/s1. The Morgan fingerprint density at radius 1 is 1.07 bits per heavy atom. The van der Waals surface area contributed by atoms with Crippen LogP contribution in [0.3, 0.4) is 0 Å². The van der Waals surface area contributed by atoms with Crippen molar-refractivity contribution in [2.45, 2.75) is 59.8 Å². The third-order valence-electron chi connectivity index (χ3n) is 7.16. The predicted molar refractivity (Wildman–Crippen MR) is 154 cm³/mol. The van der Waals surface area contributed by atoms with Crippen LogP contribution in [0.25, 0.3) is 22.0 Å². The topological polar surface area (TPSA) is 110 Å². The summed E-state index contributed by atoms with van der Waals surface area (Å²) in [6, 6.07) is 10.3. The minimum absolute atomic E-state index is 0.0983. The maximum atomic E-state index is 12.9. The molecule has 1 aliphatic heterocycles. The second-order valence-corrected chi connectivity index (χ2v) is 11.2. The van der Waals surface area contributed by atoms with Gasteiger partial charge in [0.05, 0.1) is 35.8 Å². The average Bonchev–Trinajstić information content (AvgIpc) is 3.24. The van der Waals surface area contributed by atoms with E-state index in [0.717, 1.165) is 51.1 Å². The highest BCUT2D eigenvalue weighted by molar-refractivity contribution is 6.08. The van der Waals surface area contributed by atoms with E-state index in [0.29, 0.717) is 23.8 Å². The molecule has 0 saturated carbocycles. The van der Waals surface area contributed by atoms with Gasteiger partial charge in [-0.2, -0.15) is 0 Å². The Labute approximate surface area is 234 Å². The smallest absolute Gasteiger partial charge is 0.337 e. The van der Waals surface area contributed by atoms with Crippen molar-refractivity contribution in [2.24, 2.45) is 0 Å². The van der Waals surface area contributed by atoms with Crippen LogP contribution in [0.4, 0.5) is 11.6 Å². The van der Waals surface area contributed by atoms with Crippen molar-refractivity contribution in [3.63, 3.8) is 0 Å². The fourth-order valence-corrected chi connectivity index (χ4v) is 5.52. The van der Waals surface area contributed by atoms with Crippen molar-refractivity contribution in [2.75, 3.05) is 24.7 Å². The lowest BCUT2D eigenvalue weighted by Crippen LogP contribution is -2.32. The maximum Gasteiger partial charge on any atom is 0.337 e. The lowest BCUT2D eigenvalue weighted by atomic mass is 9.87. The quantitative estimate of drug-likeness (QED) is 0.300. The molecule has 0 amide bonds. The SMILES string of the molecule is Cc1ccc(-c2c([C@H](OC(C)(C)C)C(=O)O)c(C)c3c4c2cc(C)n4CCN3c2ncc(OCCO)cn2)cc1. The number of anilines is 2. The molecule has 2 aromatic carbocycles. The molecule has 0 saturated heterocycles. The first-order chi connectivity index (χ1) is 19.0. The summed E-state index contributed by atoms with van der Waals surface area (Å²) in [6.07, 6.45) is 1.99. The van der Waals surface area contributed by atoms with Gasteiger partial charge in [0, 0.05) is 29.7 Å². The van der Waals surface area contributed by atoms with Crippen LogP contribution in [0, 0.1) is 20.8 Å². The van der Waals surface area contributed by atoms with E-state index in [-0.39, 0.29) is 13.2 Å². The molecule has 0 unspecified atom stereocenters. The van der Waals surface area contributed by atoms with Crippen molar-refractivity contribution in [3.8, 4) is 16.9 Å². The zero-order chi connectivity index (χ0) is 28.8. The summed E-state index contributed by atoms with van der Waals surface area (Å²) in [4.78, 5) is 24.1. The van der Waals surface area contributed by atoms with E-state index in [9.17, 15) is 9.90 Å². The number of aliphatic carboxylic acids is 1. The van der Waals surface area contributed by atoms with Crippen LogP contribution in [-0.2, 0) is 16.1 Å². The number of benzene rings is 2. The van der Waals surface area contributed by atoms with Gasteiger partial charge in [-0.1, -0.05) is 29.8 Å². The number of nitrogens with zero attached hydrogens (tertiary/aromatic N) is 4. The minimum atomic E-state index is -1.19. The van der Waals surface area contributed by atoms with Crippen molar-refractivity contribution in [1.29, 1.82) is 0 Å². The van der Waals surface area contributed by atoms with Crippen LogP contribution >= 0.6 is 0 Å². The van der Waals surface area contributed by atoms with Gasteiger partial charge in [0.25, 0.3) is 0 Å². The highest BCUT2D eigenvalue weighted by Crippen LogP contribution is 2.49. The highest BCUT2D eigenvalue weighted by Gasteiger charge is 2.36. The van der Waals surface area contributed by atoms with Crippen molar-refractivity contribution < 1.29 is 24.5 Å². The molecule has 0 bridgehead atoms. The average molecular weight is 545 g/mol. The van der Waals surface area contributed by atoms with Gasteiger partial charge in [-0.15, -0.1) is 0 Å². The van der Waals surface area contributed by atoms with Gasteiger partial charge in [-0.3, -0.25) is 0 Å². The molecular weight excluding hydrogens is 508 g/mol. The number of aryl methyl sites for hydroxylation is 2. The molecule has 0 aliphatic carbocycles. The van der Waals surface area contributed by atoms with E-state index in [1.54, 1.807) is 12.4 Å². The van der Waals surface area contributed by atoms with Gasteiger partial charge in [0.15, 0.2) is 11.9 Å². The molecule has 9 heteroatoms. The normalized spacial score (nSPS) is 14.0. The summed E-state index contributed by atoms with van der Waals surface area (Å²) in [5.74, 6) is -0.0857. The summed E-state index contributed by atoms with van der Waals surface area (Å²) < 4.78 is 14.0. The van der Waals surface area contributed by atoms with E-state index in [1.807, 2.05) is 63.8 Å². The third kappa shape index (κ3) is 5.02. The Balaban J connectivity index is 1.81. The fourth-order valence-electron chi connectivity index (χ4n) is 5.52. The number of hydrogen-bond acceptors (Lipinski definition) is 7. The van der Waals surface area contributed by atoms with Crippen LogP contribution in [0.2, 0.25) is 0 Å². The first-order valence-electron chi connectivity index (χ1n) is 13.5. The van der Waals surface area contributed by atoms with Crippen LogP contribution in [0.1, 0.15) is 49.3 Å². The summed E-state index contributed by atoms with van der Waals surface area (Å²) >= 11 is 0. The Morgan fingerprint density at radius 2 is 1.75 bits per heavy atom. The van der Waals surface area contributed by atoms with Crippen molar-refractivity contribution in [1.82, 2.24) is 14.5 Å². The predicted octanol–water partition coefficient (Wildman–Crippen LogP) is 5.49. The number of ether oxygens (including phenoxy) is 2. The number of carboxylic acid groups (broad SMARTS) is 1. The Bertz CT molecular complexity index is 1550. The molecule has 1 atom stereocenters. The van der Waals surface area contributed by atoms with Gasteiger partial charge in [0.1, 0.15) is 6.61 Å². The molecule has 40 heavy (non-hydrogen) atoms. The van der Waals surface area contributed by atoms with Gasteiger partial charge < -0.3 is 29.2 Å². The number of carbonyl (C=O) groups is 1. The first kappa shape index (κ1) is 27.6. The molecule has 0 fully saturated rings. The van der Waals surface area contributed by atoms with Crippen LogP contribution in [0.5, 0.6) is 5.75 Å². The molecule has 0 radical (unpaired) electrons. The third-order valence-corrected chi connectivity index (χ3v) is 7.16. The van der Waals surface area contributed by atoms with Crippen LogP contribution in [0.15, 0.2) is 42.7 Å². The van der Waals surface area contributed by atoms with Gasteiger partial charge in [-0.05, 0) is 64.3 Å². The minimum Gasteiger partial charge on any atom is -0.488 e. The van der Waals surface area contributed by atoms with Crippen LogP contribution < -0.4 is 9.64 Å². The lowest BCUT2D eigenvalue weighted by molar-refractivity contribution is -0.160. The van der Waals surface area contributed by atoms with Gasteiger partial charge in [-0.25, -0.2) is 14.8 Å². The van der Waals surface area contributed by atoms with E-state index in [1.165, 1.54) is 0 Å². The van der Waals surface area contributed by atoms with E-state index in [4.69, 9.17) is 14.6 Å². The zero-order valence-electron chi connectivity index (χ0n) is 23.9. The number of rotatable bonds is 8. The molecule has 3 heterocycles. The number of aromatic nitrogens is 3.